The SMILES string of the molecule is CCOP(=O)(OCC)[C@@](COCCOC)(COCc1nnnn1COCC[Si](C)(C)C)OC1(C)CCC(C(C)C)C([C@H]2O[C@@H](n3ncc4c(N(C(=O)OC(C)(C)C)C5CCCC5)nc(Cl)nc43)[C@@H]3OC(C)(C)O[C@@H]32)C1. The standard InChI is InChI=1S/C50H85ClN9O13PSi/c1-15-67-74(62,68-16-2)50(30-64-24-23-63-11,31-66-29-38-55-56-57-58(38)32-65-25-26-75(12,13)14)73-49(10)22-21-35(33(3)4)36(27-49)39-40-41(71-48(8,9)70-40)44(69-39)60-43-37(28-52-60)42(53-45(51)54-43)59(34-19-17-18-20-34)46(61)72-47(5,6)7/h28,33-36,39-41,44H,15-27,29-32H2,1-14H3/t35?,36?,39-,40-,41-,44-,49?,50+/m1/s1. The smallest absolute Gasteiger partial charge is 0.416 e. The van der Waals surface area contributed by atoms with Gasteiger partial charge in [0.2, 0.25) is 10.6 Å². The summed E-state index contributed by atoms with van der Waals surface area (Å²) in [6.07, 6.45) is 3.82. The van der Waals surface area contributed by atoms with Gasteiger partial charge in [-0.3, -0.25) is 9.46 Å². The van der Waals surface area contributed by atoms with Gasteiger partial charge in [-0.05, 0) is 133 Å². The quantitative estimate of drug-likeness (QED) is 0.0315. The molecule has 7 rings (SSSR count). The molecule has 0 spiro atoms. The van der Waals surface area contributed by atoms with Crippen molar-refractivity contribution in [1.29, 1.82) is 0 Å². The average molecular weight is 1110 g/mol. The molecule has 2 saturated carbocycles. The molecular formula is C50H85ClN9O13PSi. The number of hydrogen-bond donors (Lipinski definition) is 0. The maximum Gasteiger partial charge on any atom is 0.416 e. The van der Waals surface area contributed by atoms with Crippen LogP contribution in [0, 0.1) is 17.8 Å². The lowest BCUT2D eigenvalue weighted by molar-refractivity contribution is -0.224. The van der Waals surface area contributed by atoms with Gasteiger partial charge in [0.25, 0.3) is 0 Å². The number of methoxy groups -OCH3 is 1. The molecule has 0 N–H and O–H groups in total. The number of amides is 1. The van der Waals surface area contributed by atoms with Crippen LogP contribution in [-0.2, 0) is 69.6 Å². The third-order valence-corrected chi connectivity index (χ3v) is 18.8. The maximum absolute atomic E-state index is 15.6. The molecule has 4 fully saturated rings. The number of carbonyl (C=O) groups is 1. The van der Waals surface area contributed by atoms with Gasteiger partial charge in [-0.15, -0.1) is 5.10 Å². The Labute approximate surface area is 449 Å². The summed E-state index contributed by atoms with van der Waals surface area (Å²) >= 11 is 6.78. The number of tetrazole rings is 1. The summed E-state index contributed by atoms with van der Waals surface area (Å²) in [5.41, 5.74) is -1.36. The van der Waals surface area contributed by atoms with Crippen molar-refractivity contribution in [3.8, 4) is 0 Å². The van der Waals surface area contributed by atoms with E-state index in [1.165, 1.54) is 0 Å². The first-order valence-corrected chi connectivity index (χ1v) is 32.5. The normalized spacial score (nSPS) is 26.3. The Morgan fingerprint density at radius 1 is 0.960 bits per heavy atom. The first kappa shape index (κ1) is 59.9. The molecule has 424 valence electrons. The maximum atomic E-state index is 15.6. The molecule has 1 amide bonds. The number of carbonyl (C=O) groups excluding carboxylic acids is 1. The lowest BCUT2D eigenvalue weighted by Gasteiger charge is -2.50. The molecule has 3 aromatic heterocycles. The number of rotatable bonds is 26. The monoisotopic (exact) mass is 1110 g/mol. The summed E-state index contributed by atoms with van der Waals surface area (Å²) in [7, 11) is -3.97. The molecule has 8 atom stereocenters. The summed E-state index contributed by atoms with van der Waals surface area (Å²) < 4.78 is 89.4. The minimum atomic E-state index is -4.23. The molecule has 0 aromatic carbocycles. The number of fused-ring (bicyclic) bond motifs is 2. The van der Waals surface area contributed by atoms with Crippen LogP contribution in [-0.4, -0.2) is 154 Å². The topological polar surface area (TPSA) is 226 Å². The fourth-order valence-corrected chi connectivity index (χ4v) is 14.0. The number of hydrogen-bond acceptors (Lipinski definition) is 19. The van der Waals surface area contributed by atoms with Gasteiger partial charge in [0.05, 0.1) is 62.9 Å². The molecule has 2 aliphatic carbocycles. The van der Waals surface area contributed by atoms with Gasteiger partial charge in [-0.25, -0.2) is 14.2 Å². The fourth-order valence-electron chi connectivity index (χ4n) is 11.0. The molecule has 4 aliphatic rings. The van der Waals surface area contributed by atoms with Gasteiger partial charge in [0.1, 0.15) is 31.1 Å². The Morgan fingerprint density at radius 2 is 1.65 bits per heavy atom. The molecule has 3 unspecified atom stereocenters. The number of aromatic nitrogens is 8. The third-order valence-electron chi connectivity index (χ3n) is 14.4. The summed E-state index contributed by atoms with van der Waals surface area (Å²) in [6.45, 7) is 26.9. The van der Waals surface area contributed by atoms with Crippen molar-refractivity contribution in [2.45, 2.75) is 206 Å². The second kappa shape index (κ2) is 24.7. The lowest BCUT2D eigenvalue weighted by atomic mass is 9.65. The zero-order chi connectivity index (χ0) is 54.6. The van der Waals surface area contributed by atoms with Crippen molar-refractivity contribution in [3.63, 3.8) is 0 Å². The summed E-state index contributed by atoms with van der Waals surface area (Å²) in [4.78, 5) is 25.0. The number of ether oxygens (including phenoxy) is 9. The predicted octanol–water partition coefficient (Wildman–Crippen LogP) is 9.57. The number of nitrogens with zero attached hydrogens (tertiary/aromatic N) is 9. The van der Waals surface area contributed by atoms with Crippen molar-refractivity contribution in [2.75, 3.05) is 58.3 Å². The van der Waals surface area contributed by atoms with E-state index in [1.807, 2.05) is 41.5 Å². The number of halogens is 1. The summed E-state index contributed by atoms with van der Waals surface area (Å²) in [5, 5.41) is 15.9. The molecule has 75 heavy (non-hydrogen) atoms. The second-order valence-corrected chi connectivity index (χ2v) is 31.9. The van der Waals surface area contributed by atoms with Crippen LogP contribution in [0.15, 0.2) is 6.20 Å². The average Bonchev–Trinajstić information content (AvgIpc) is 4.17. The highest BCUT2D eigenvalue weighted by Crippen LogP contribution is 2.64. The van der Waals surface area contributed by atoms with Gasteiger partial charge < -0.3 is 51.7 Å². The molecule has 25 heteroatoms. The van der Waals surface area contributed by atoms with Gasteiger partial charge in [0, 0.05) is 27.8 Å². The van der Waals surface area contributed by atoms with E-state index in [2.05, 4.69) is 54.0 Å². The Balaban J connectivity index is 1.22. The van der Waals surface area contributed by atoms with Crippen LogP contribution in [0.5, 0.6) is 0 Å². The van der Waals surface area contributed by atoms with Crippen LogP contribution >= 0.6 is 19.2 Å². The van der Waals surface area contributed by atoms with E-state index >= 15 is 4.57 Å². The Bertz CT molecular complexity index is 2390. The van der Waals surface area contributed by atoms with Crippen LogP contribution in [0.2, 0.25) is 31.0 Å². The fraction of sp³-hybridized carbons (Fsp3) is 0.860. The van der Waals surface area contributed by atoms with Crippen LogP contribution in [0.4, 0.5) is 10.6 Å². The van der Waals surface area contributed by atoms with Crippen LogP contribution < -0.4 is 4.90 Å². The van der Waals surface area contributed by atoms with Crippen molar-refractivity contribution < 1.29 is 61.0 Å². The molecule has 0 bridgehead atoms. The first-order chi connectivity index (χ1) is 35.3. The van der Waals surface area contributed by atoms with Crippen LogP contribution in [0.3, 0.4) is 0 Å². The Morgan fingerprint density at radius 3 is 2.31 bits per heavy atom. The zero-order valence-corrected chi connectivity index (χ0v) is 49.5. The molecule has 5 heterocycles. The van der Waals surface area contributed by atoms with E-state index in [9.17, 15) is 4.79 Å². The zero-order valence-electron chi connectivity index (χ0n) is 46.9. The van der Waals surface area contributed by atoms with E-state index in [0.717, 1.165) is 38.1 Å². The Kier molecular flexibility index (Phi) is 19.7. The number of anilines is 1. The van der Waals surface area contributed by atoms with Gasteiger partial charge >= 0.3 is 13.7 Å². The predicted molar refractivity (Wildman–Crippen MR) is 282 cm³/mol. The Hall–Kier alpha value is -2.77. The van der Waals surface area contributed by atoms with Crippen molar-refractivity contribution in [3.05, 3.63) is 17.3 Å². The van der Waals surface area contributed by atoms with Crippen molar-refractivity contribution in [1.82, 2.24) is 40.0 Å². The molecule has 2 saturated heterocycles. The van der Waals surface area contributed by atoms with Gasteiger partial charge in [-0.2, -0.15) is 15.1 Å². The van der Waals surface area contributed by atoms with E-state index in [4.69, 9.17) is 73.4 Å². The molecular weight excluding hydrogens is 1030 g/mol. The van der Waals surface area contributed by atoms with E-state index in [1.54, 1.807) is 41.4 Å². The van der Waals surface area contributed by atoms with Gasteiger partial charge in [-0.1, -0.05) is 46.3 Å². The van der Waals surface area contributed by atoms with Gasteiger partial charge in [0.15, 0.2) is 29.3 Å². The lowest BCUT2D eigenvalue weighted by Crippen LogP contribution is -2.54. The first-order valence-electron chi connectivity index (χ1n) is 26.9. The molecule has 22 nitrogen and oxygen atoms in total. The molecule has 3 aromatic rings. The van der Waals surface area contributed by atoms with Crippen LogP contribution in [0.1, 0.15) is 126 Å². The van der Waals surface area contributed by atoms with E-state index in [0.29, 0.717) is 42.1 Å². The third kappa shape index (κ3) is 14.4. The second-order valence-electron chi connectivity index (χ2n) is 23.6. The summed E-state index contributed by atoms with van der Waals surface area (Å²) in [5.74, 6) is -0.0944. The van der Waals surface area contributed by atoms with E-state index < -0.39 is 68.6 Å². The molecule has 2 aliphatic heterocycles. The highest BCUT2D eigenvalue weighted by atomic mass is 35.5. The van der Waals surface area contributed by atoms with Crippen LogP contribution in [0.25, 0.3) is 11.0 Å². The van der Waals surface area contributed by atoms with E-state index in [-0.39, 0.29) is 82.1 Å². The minimum absolute atomic E-state index is 0.0589. The summed E-state index contributed by atoms with van der Waals surface area (Å²) in [6, 6.07) is 0.841. The highest BCUT2D eigenvalue weighted by Gasteiger charge is 2.63. The molecule has 0 radical (unpaired) electrons. The van der Waals surface area contributed by atoms with Crippen molar-refractivity contribution in [2.24, 2.45) is 17.8 Å². The largest absolute Gasteiger partial charge is 0.443 e. The minimum Gasteiger partial charge on any atom is -0.443 e. The highest BCUT2D eigenvalue weighted by molar-refractivity contribution is 7.55. The van der Waals surface area contributed by atoms with Crippen molar-refractivity contribution >= 4 is 50.2 Å².